The van der Waals surface area contributed by atoms with Gasteiger partial charge in [-0.1, -0.05) is 26.7 Å². The summed E-state index contributed by atoms with van der Waals surface area (Å²) in [5.41, 5.74) is 0.482. The number of aliphatic carboxylic acids is 1. The van der Waals surface area contributed by atoms with Crippen LogP contribution in [0.15, 0.2) is 0 Å². The Hall–Kier alpha value is -0.570. The molecule has 0 aromatic rings. The summed E-state index contributed by atoms with van der Waals surface area (Å²) in [5.74, 6) is -0.735. The molecule has 2 atom stereocenters. The predicted octanol–water partition coefficient (Wildman–Crippen LogP) is 3.53. The minimum atomic E-state index is -0.590. The number of carboxylic acid groups (broad SMARTS) is 1. The maximum atomic E-state index is 11.4. The quantitative estimate of drug-likeness (QED) is 0.850. The van der Waals surface area contributed by atoms with Crippen LogP contribution in [0.3, 0.4) is 0 Å². The van der Waals surface area contributed by atoms with Crippen LogP contribution in [0, 0.1) is 11.3 Å². The maximum Gasteiger partial charge on any atom is 0.308 e. The van der Waals surface area contributed by atoms with Gasteiger partial charge in [0.2, 0.25) is 0 Å². The third-order valence-electron chi connectivity index (χ3n) is 5.45. The van der Waals surface area contributed by atoms with Gasteiger partial charge in [0, 0.05) is 12.1 Å². The van der Waals surface area contributed by atoms with Crippen LogP contribution in [0.1, 0.15) is 65.2 Å². The van der Waals surface area contributed by atoms with Gasteiger partial charge in [-0.15, -0.1) is 0 Å². The second kappa shape index (κ2) is 5.82. The fraction of sp³-hybridized carbons (Fsp3) is 0.938. The lowest BCUT2D eigenvalue weighted by atomic mass is 9.74. The van der Waals surface area contributed by atoms with E-state index in [2.05, 4.69) is 25.8 Å². The minimum absolute atomic E-state index is 0.145. The summed E-state index contributed by atoms with van der Waals surface area (Å²) in [4.78, 5) is 13.8. The lowest BCUT2D eigenvalue weighted by molar-refractivity contribution is -0.146. The van der Waals surface area contributed by atoms with E-state index < -0.39 is 5.97 Å². The van der Waals surface area contributed by atoms with Crippen molar-refractivity contribution in [3.05, 3.63) is 0 Å². The summed E-state index contributed by atoms with van der Waals surface area (Å²) in [6.07, 6.45) is 9.20. The first-order chi connectivity index (χ1) is 8.91. The zero-order valence-electron chi connectivity index (χ0n) is 12.7. The number of nitrogens with zero attached hydrogens (tertiary/aromatic N) is 1. The number of hydrogen-bond donors (Lipinski definition) is 1. The highest BCUT2D eigenvalue weighted by Gasteiger charge is 2.37. The summed E-state index contributed by atoms with van der Waals surface area (Å²) in [7, 11) is 2.16. The van der Waals surface area contributed by atoms with E-state index in [4.69, 9.17) is 0 Å². The monoisotopic (exact) mass is 267 g/mol. The van der Waals surface area contributed by atoms with Crippen molar-refractivity contribution in [3.63, 3.8) is 0 Å². The SMILES string of the molecule is CN(C1CCC(C)(C)CC1)C1CCCCC1C(=O)O. The van der Waals surface area contributed by atoms with Gasteiger partial charge in [0.1, 0.15) is 0 Å². The van der Waals surface area contributed by atoms with E-state index in [9.17, 15) is 9.90 Å². The lowest BCUT2D eigenvalue weighted by Gasteiger charge is -2.44. The van der Waals surface area contributed by atoms with Crippen molar-refractivity contribution in [2.75, 3.05) is 7.05 Å². The van der Waals surface area contributed by atoms with Crippen LogP contribution in [0.2, 0.25) is 0 Å². The van der Waals surface area contributed by atoms with Crippen molar-refractivity contribution in [1.29, 1.82) is 0 Å². The molecule has 2 aliphatic rings. The van der Waals surface area contributed by atoms with Gasteiger partial charge >= 0.3 is 5.97 Å². The average Bonchev–Trinajstić information content (AvgIpc) is 2.38. The Morgan fingerprint density at radius 2 is 1.68 bits per heavy atom. The highest BCUT2D eigenvalue weighted by Crippen LogP contribution is 2.39. The predicted molar refractivity (Wildman–Crippen MR) is 77.2 cm³/mol. The molecule has 0 heterocycles. The first kappa shape index (κ1) is 14.8. The molecule has 0 aromatic carbocycles. The second-order valence-corrected chi connectivity index (χ2v) is 7.36. The van der Waals surface area contributed by atoms with Crippen LogP contribution in [0.4, 0.5) is 0 Å². The van der Waals surface area contributed by atoms with Crippen molar-refractivity contribution >= 4 is 5.97 Å². The smallest absolute Gasteiger partial charge is 0.308 e. The molecule has 3 heteroatoms. The van der Waals surface area contributed by atoms with Crippen molar-refractivity contribution in [2.24, 2.45) is 11.3 Å². The van der Waals surface area contributed by atoms with Crippen LogP contribution in [-0.2, 0) is 4.79 Å². The van der Waals surface area contributed by atoms with Gasteiger partial charge in [0.25, 0.3) is 0 Å². The molecular formula is C16H29NO2. The van der Waals surface area contributed by atoms with Gasteiger partial charge in [0.05, 0.1) is 5.92 Å². The van der Waals surface area contributed by atoms with Gasteiger partial charge in [-0.05, 0) is 51.0 Å². The molecule has 2 fully saturated rings. The normalized spacial score (nSPS) is 32.4. The van der Waals surface area contributed by atoms with Crippen LogP contribution in [-0.4, -0.2) is 35.1 Å². The molecule has 0 amide bonds. The molecule has 0 bridgehead atoms. The number of hydrogen-bond acceptors (Lipinski definition) is 2. The molecule has 2 unspecified atom stereocenters. The van der Waals surface area contributed by atoms with Crippen molar-refractivity contribution in [2.45, 2.75) is 77.3 Å². The van der Waals surface area contributed by atoms with Gasteiger partial charge in [0.15, 0.2) is 0 Å². The fourth-order valence-corrected chi connectivity index (χ4v) is 3.95. The van der Waals surface area contributed by atoms with Crippen molar-refractivity contribution < 1.29 is 9.90 Å². The maximum absolute atomic E-state index is 11.4. The molecule has 1 N–H and O–H groups in total. The summed E-state index contributed by atoms with van der Waals surface area (Å²) >= 11 is 0. The Kier molecular flexibility index (Phi) is 4.54. The standard InChI is InChI=1S/C16H29NO2/c1-16(2)10-8-12(9-11-16)17(3)14-7-5-4-6-13(14)15(18)19/h12-14H,4-11H2,1-3H3,(H,18,19). The van der Waals surface area contributed by atoms with Crippen LogP contribution in [0.25, 0.3) is 0 Å². The average molecular weight is 267 g/mol. The zero-order valence-corrected chi connectivity index (χ0v) is 12.7. The second-order valence-electron chi connectivity index (χ2n) is 7.36. The van der Waals surface area contributed by atoms with Crippen LogP contribution < -0.4 is 0 Å². The van der Waals surface area contributed by atoms with Gasteiger partial charge < -0.3 is 5.11 Å². The molecule has 19 heavy (non-hydrogen) atoms. The van der Waals surface area contributed by atoms with E-state index in [1.807, 2.05) is 0 Å². The largest absolute Gasteiger partial charge is 0.481 e. The number of carbonyl (C=O) groups is 1. The topological polar surface area (TPSA) is 40.5 Å². The molecule has 0 spiro atoms. The zero-order chi connectivity index (χ0) is 14.0. The molecule has 0 aliphatic heterocycles. The van der Waals surface area contributed by atoms with Crippen molar-refractivity contribution in [3.8, 4) is 0 Å². The molecule has 2 aliphatic carbocycles. The highest BCUT2D eigenvalue weighted by atomic mass is 16.4. The molecule has 0 aromatic heterocycles. The van der Waals surface area contributed by atoms with Crippen LogP contribution >= 0.6 is 0 Å². The van der Waals surface area contributed by atoms with E-state index in [1.165, 1.54) is 32.1 Å². The summed E-state index contributed by atoms with van der Waals surface area (Å²) in [5, 5.41) is 9.41. The summed E-state index contributed by atoms with van der Waals surface area (Å²) < 4.78 is 0. The molecule has 3 nitrogen and oxygen atoms in total. The Labute approximate surface area is 117 Å². The van der Waals surface area contributed by atoms with E-state index in [0.717, 1.165) is 19.3 Å². The Balaban J connectivity index is 1.98. The Bertz CT molecular complexity index is 317. The molecule has 2 saturated carbocycles. The third kappa shape index (κ3) is 3.50. The highest BCUT2D eigenvalue weighted by molar-refractivity contribution is 5.71. The van der Waals surface area contributed by atoms with E-state index in [-0.39, 0.29) is 12.0 Å². The molecule has 2 rings (SSSR count). The van der Waals surface area contributed by atoms with E-state index in [1.54, 1.807) is 0 Å². The Morgan fingerprint density at radius 1 is 1.11 bits per heavy atom. The molecular weight excluding hydrogens is 238 g/mol. The summed E-state index contributed by atoms with van der Waals surface area (Å²) in [6, 6.07) is 0.857. The third-order valence-corrected chi connectivity index (χ3v) is 5.45. The number of rotatable bonds is 3. The molecule has 0 saturated heterocycles. The van der Waals surface area contributed by atoms with E-state index >= 15 is 0 Å². The molecule has 0 radical (unpaired) electrons. The fourth-order valence-electron chi connectivity index (χ4n) is 3.95. The van der Waals surface area contributed by atoms with E-state index in [0.29, 0.717) is 11.5 Å². The first-order valence-electron chi connectivity index (χ1n) is 7.85. The molecule has 110 valence electrons. The first-order valence-corrected chi connectivity index (χ1v) is 7.85. The van der Waals surface area contributed by atoms with Gasteiger partial charge in [-0.2, -0.15) is 0 Å². The summed E-state index contributed by atoms with van der Waals surface area (Å²) in [6.45, 7) is 4.70. The van der Waals surface area contributed by atoms with Gasteiger partial charge in [-0.25, -0.2) is 0 Å². The van der Waals surface area contributed by atoms with Crippen LogP contribution in [0.5, 0.6) is 0 Å². The Morgan fingerprint density at radius 3 is 2.26 bits per heavy atom. The van der Waals surface area contributed by atoms with Crippen molar-refractivity contribution in [1.82, 2.24) is 4.90 Å². The van der Waals surface area contributed by atoms with Gasteiger partial charge in [-0.3, -0.25) is 9.69 Å². The number of carboxylic acids is 1. The lowest BCUT2D eigenvalue weighted by Crippen LogP contribution is -2.49. The minimum Gasteiger partial charge on any atom is -0.481 e.